The number of methoxy groups -OCH3 is 1. The summed E-state index contributed by atoms with van der Waals surface area (Å²) in [5, 5.41) is 0.762. The van der Waals surface area contributed by atoms with E-state index in [0.29, 0.717) is 0 Å². The number of hydrogen-bond donors (Lipinski definition) is 0. The molecule has 2 rings (SSSR count). The van der Waals surface area contributed by atoms with Crippen molar-refractivity contribution in [2.45, 2.75) is 19.8 Å². The highest BCUT2D eigenvalue weighted by Crippen LogP contribution is 2.40. The Morgan fingerprint density at radius 2 is 1.87 bits per heavy atom. The molecule has 0 saturated heterocycles. The largest absolute Gasteiger partial charge is 0.496 e. The lowest BCUT2D eigenvalue weighted by atomic mass is 10.1. The van der Waals surface area contributed by atoms with Crippen molar-refractivity contribution in [2.24, 2.45) is 5.92 Å². The molecule has 0 aliphatic heterocycles. The molecule has 1 fully saturated rings. The lowest BCUT2D eigenvalue weighted by Gasteiger charge is -2.10. The first kappa shape index (κ1) is 10.6. The average Bonchev–Trinajstić information content (AvgIpc) is 3.05. The van der Waals surface area contributed by atoms with Gasteiger partial charge >= 0.3 is 0 Å². The van der Waals surface area contributed by atoms with Crippen molar-refractivity contribution in [3.05, 3.63) is 40.4 Å². The van der Waals surface area contributed by atoms with Crippen molar-refractivity contribution in [3.8, 4) is 0 Å². The van der Waals surface area contributed by atoms with E-state index in [9.17, 15) is 0 Å². The SMILES string of the molecule is COC(=C(C)C1CC1)c1ccc(Cl)cc1. The maximum absolute atomic E-state index is 5.86. The van der Waals surface area contributed by atoms with Gasteiger partial charge in [-0.25, -0.2) is 0 Å². The first-order valence-electron chi connectivity index (χ1n) is 5.23. The summed E-state index contributed by atoms with van der Waals surface area (Å²) in [5.74, 6) is 1.74. The van der Waals surface area contributed by atoms with Crippen LogP contribution >= 0.6 is 11.6 Å². The van der Waals surface area contributed by atoms with Crippen LogP contribution in [0.25, 0.3) is 5.76 Å². The third kappa shape index (κ3) is 2.35. The van der Waals surface area contributed by atoms with Gasteiger partial charge in [-0.3, -0.25) is 0 Å². The number of rotatable bonds is 3. The van der Waals surface area contributed by atoms with Crippen LogP contribution in [0, 0.1) is 5.92 Å². The van der Waals surface area contributed by atoms with Crippen LogP contribution in [0.5, 0.6) is 0 Å². The van der Waals surface area contributed by atoms with Crippen molar-refractivity contribution in [1.29, 1.82) is 0 Å². The molecule has 0 unspecified atom stereocenters. The van der Waals surface area contributed by atoms with Crippen molar-refractivity contribution in [2.75, 3.05) is 7.11 Å². The van der Waals surface area contributed by atoms with Crippen molar-refractivity contribution < 1.29 is 4.74 Å². The zero-order valence-electron chi connectivity index (χ0n) is 9.09. The second kappa shape index (κ2) is 4.28. The van der Waals surface area contributed by atoms with Gasteiger partial charge in [-0.05, 0) is 55.5 Å². The summed E-state index contributed by atoms with van der Waals surface area (Å²) in [7, 11) is 1.73. The Morgan fingerprint density at radius 1 is 1.27 bits per heavy atom. The van der Waals surface area contributed by atoms with Crippen LogP contribution in [0.15, 0.2) is 29.8 Å². The van der Waals surface area contributed by atoms with Crippen LogP contribution in [0.1, 0.15) is 25.3 Å². The molecule has 1 saturated carbocycles. The predicted molar refractivity (Wildman–Crippen MR) is 63.8 cm³/mol. The van der Waals surface area contributed by atoms with E-state index in [0.717, 1.165) is 22.3 Å². The van der Waals surface area contributed by atoms with E-state index in [1.165, 1.54) is 18.4 Å². The molecule has 0 aromatic heterocycles. The monoisotopic (exact) mass is 222 g/mol. The smallest absolute Gasteiger partial charge is 0.125 e. The Bertz CT molecular complexity index is 374. The third-order valence-electron chi connectivity index (χ3n) is 2.86. The molecule has 1 aliphatic rings. The topological polar surface area (TPSA) is 9.23 Å². The molecule has 0 amide bonds. The highest BCUT2D eigenvalue weighted by Gasteiger charge is 2.26. The Morgan fingerprint density at radius 3 is 2.33 bits per heavy atom. The van der Waals surface area contributed by atoms with E-state index in [1.807, 2.05) is 24.3 Å². The van der Waals surface area contributed by atoms with E-state index in [2.05, 4.69) is 6.92 Å². The van der Waals surface area contributed by atoms with Gasteiger partial charge in [0.05, 0.1) is 7.11 Å². The zero-order chi connectivity index (χ0) is 10.8. The third-order valence-corrected chi connectivity index (χ3v) is 3.11. The molecule has 1 aromatic rings. The maximum Gasteiger partial charge on any atom is 0.125 e. The molecule has 1 aliphatic carbocycles. The van der Waals surface area contributed by atoms with Gasteiger partial charge in [-0.15, -0.1) is 0 Å². The normalized spacial score (nSPS) is 17.3. The summed E-state index contributed by atoms with van der Waals surface area (Å²) in [4.78, 5) is 0. The molecule has 0 heterocycles. The summed E-state index contributed by atoms with van der Waals surface area (Å²) in [5.41, 5.74) is 2.48. The summed E-state index contributed by atoms with van der Waals surface area (Å²) < 4.78 is 5.48. The lowest BCUT2D eigenvalue weighted by Crippen LogP contribution is -1.93. The van der Waals surface area contributed by atoms with E-state index >= 15 is 0 Å². The Labute approximate surface area is 95.7 Å². The molecular formula is C13H15ClO. The zero-order valence-corrected chi connectivity index (χ0v) is 9.84. The van der Waals surface area contributed by atoms with Crippen LogP contribution in [-0.4, -0.2) is 7.11 Å². The molecular weight excluding hydrogens is 208 g/mol. The van der Waals surface area contributed by atoms with Gasteiger partial charge in [0.1, 0.15) is 5.76 Å². The molecule has 1 nitrogen and oxygen atoms in total. The van der Waals surface area contributed by atoms with Gasteiger partial charge < -0.3 is 4.74 Å². The quantitative estimate of drug-likeness (QED) is 0.699. The molecule has 2 heteroatoms. The molecule has 80 valence electrons. The Kier molecular flexibility index (Phi) is 3.01. The van der Waals surface area contributed by atoms with Gasteiger partial charge in [-0.1, -0.05) is 11.6 Å². The number of benzene rings is 1. The molecule has 0 spiro atoms. The minimum Gasteiger partial charge on any atom is -0.496 e. The molecule has 0 radical (unpaired) electrons. The lowest BCUT2D eigenvalue weighted by molar-refractivity contribution is 0.365. The fourth-order valence-electron chi connectivity index (χ4n) is 1.81. The second-order valence-corrected chi connectivity index (χ2v) is 4.43. The van der Waals surface area contributed by atoms with Crippen LogP contribution in [0.2, 0.25) is 5.02 Å². The van der Waals surface area contributed by atoms with Crippen LogP contribution in [0.4, 0.5) is 0 Å². The summed E-state index contributed by atoms with van der Waals surface area (Å²) in [6, 6.07) is 7.81. The molecule has 0 atom stereocenters. The van der Waals surface area contributed by atoms with Crippen LogP contribution in [-0.2, 0) is 4.74 Å². The summed E-state index contributed by atoms with van der Waals surface area (Å²) in [6.45, 7) is 2.16. The maximum atomic E-state index is 5.86. The minimum absolute atomic E-state index is 0.732. The number of hydrogen-bond acceptors (Lipinski definition) is 1. The van der Waals surface area contributed by atoms with E-state index in [1.54, 1.807) is 7.11 Å². The number of halogens is 1. The summed E-state index contributed by atoms with van der Waals surface area (Å²) in [6.07, 6.45) is 2.60. The number of ether oxygens (including phenoxy) is 1. The highest BCUT2D eigenvalue weighted by atomic mass is 35.5. The first-order chi connectivity index (χ1) is 7.22. The molecule has 1 aromatic carbocycles. The van der Waals surface area contributed by atoms with Gasteiger partial charge in [0.15, 0.2) is 0 Å². The van der Waals surface area contributed by atoms with E-state index in [4.69, 9.17) is 16.3 Å². The molecule has 0 N–H and O–H groups in total. The number of allylic oxidation sites excluding steroid dienone is 1. The van der Waals surface area contributed by atoms with Crippen molar-refractivity contribution in [1.82, 2.24) is 0 Å². The summed E-state index contributed by atoms with van der Waals surface area (Å²) >= 11 is 5.86. The van der Waals surface area contributed by atoms with Gasteiger partial charge in [0, 0.05) is 10.6 Å². The minimum atomic E-state index is 0.732. The molecule has 15 heavy (non-hydrogen) atoms. The molecule has 0 bridgehead atoms. The Hall–Kier alpha value is -0.950. The van der Waals surface area contributed by atoms with Crippen molar-refractivity contribution >= 4 is 17.4 Å². The standard InChI is InChI=1S/C13H15ClO/c1-9(10-3-4-10)13(15-2)11-5-7-12(14)8-6-11/h5-8,10H,3-4H2,1-2H3. The van der Waals surface area contributed by atoms with Crippen LogP contribution < -0.4 is 0 Å². The van der Waals surface area contributed by atoms with Gasteiger partial charge in [0.2, 0.25) is 0 Å². The van der Waals surface area contributed by atoms with E-state index in [-0.39, 0.29) is 0 Å². The Balaban J connectivity index is 2.33. The van der Waals surface area contributed by atoms with Gasteiger partial charge in [0.25, 0.3) is 0 Å². The van der Waals surface area contributed by atoms with Crippen LogP contribution in [0.3, 0.4) is 0 Å². The van der Waals surface area contributed by atoms with Crippen molar-refractivity contribution in [3.63, 3.8) is 0 Å². The van der Waals surface area contributed by atoms with E-state index < -0.39 is 0 Å². The second-order valence-electron chi connectivity index (χ2n) is 4.00. The van der Waals surface area contributed by atoms with Gasteiger partial charge in [-0.2, -0.15) is 0 Å². The highest BCUT2D eigenvalue weighted by molar-refractivity contribution is 6.30. The first-order valence-corrected chi connectivity index (χ1v) is 5.61. The predicted octanol–water partition coefficient (Wildman–Crippen LogP) is 4.13. The fourth-order valence-corrected chi connectivity index (χ4v) is 1.94. The average molecular weight is 223 g/mol. The fraction of sp³-hybridized carbons (Fsp3) is 0.385.